The van der Waals surface area contributed by atoms with Crippen molar-refractivity contribution in [3.63, 3.8) is 0 Å². The Kier molecular flexibility index (Phi) is 9.34. The molecule has 0 spiro atoms. The summed E-state index contributed by atoms with van der Waals surface area (Å²) in [5.74, 6) is -5.56. The van der Waals surface area contributed by atoms with Crippen LogP contribution in [0.15, 0.2) is 95.0 Å². The molecular formula is C41H34BrCl2N3O8. The van der Waals surface area contributed by atoms with Crippen molar-refractivity contribution in [3.05, 3.63) is 116 Å². The number of benzene rings is 4. The molecule has 0 aromatic heterocycles. The third kappa shape index (κ3) is 5.59. The van der Waals surface area contributed by atoms with Crippen LogP contribution in [0.5, 0.6) is 23.0 Å². The van der Waals surface area contributed by atoms with E-state index in [4.69, 9.17) is 37.4 Å². The van der Waals surface area contributed by atoms with Gasteiger partial charge in [0.25, 0.3) is 11.8 Å². The summed E-state index contributed by atoms with van der Waals surface area (Å²) in [5.41, 5.74) is 3.30. The number of fused-ring (bicyclic) bond motifs is 4. The number of hydrogen-bond acceptors (Lipinski definition) is 9. The maximum absolute atomic E-state index is 15.5. The monoisotopic (exact) mass is 845 g/mol. The van der Waals surface area contributed by atoms with Crippen LogP contribution in [0.2, 0.25) is 10.0 Å². The minimum atomic E-state index is -1.71. The molecule has 2 saturated heterocycles. The fourth-order valence-electron chi connectivity index (χ4n) is 9.17. The summed E-state index contributed by atoms with van der Waals surface area (Å²) in [6.45, 7) is 0. The summed E-state index contributed by atoms with van der Waals surface area (Å²) in [7, 11) is 4.42. The van der Waals surface area contributed by atoms with Gasteiger partial charge in [0.05, 0.1) is 60.9 Å². The molecule has 2 heterocycles. The summed E-state index contributed by atoms with van der Waals surface area (Å²) < 4.78 is 17.7. The van der Waals surface area contributed by atoms with Gasteiger partial charge >= 0.3 is 0 Å². The fraction of sp³-hybridized carbons (Fsp3) is 0.268. The highest BCUT2D eigenvalue weighted by atomic mass is 79.9. The van der Waals surface area contributed by atoms with Crippen molar-refractivity contribution in [3.8, 4) is 23.0 Å². The maximum Gasteiger partial charge on any atom is 0.260 e. The van der Waals surface area contributed by atoms with Crippen molar-refractivity contribution >= 4 is 74.1 Å². The Bertz CT molecular complexity index is 2300. The van der Waals surface area contributed by atoms with E-state index in [0.717, 1.165) is 9.48 Å². The number of amides is 4. The number of hydrogen-bond donors (Lipinski definition) is 2. The molecule has 4 aromatic rings. The number of anilines is 2. The number of ether oxygens (including phenoxy) is 3. The lowest BCUT2D eigenvalue weighted by Crippen LogP contribution is -2.53. The number of carbonyl (C=O) groups is 4. The van der Waals surface area contributed by atoms with Gasteiger partial charge in [0.1, 0.15) is 23.0 Å². The number of nitrogens with zero attached hydrogens (tertiary/aromatic N) is 2. The van der Waals surface area contributed by atoms with Crippen molar-refractivity contribution in [2.75, 3.05) is 31.7 Å². The first kappa shape index (κ1) is 36.9. The third-order valence-corrected chi connectivity index (χ3v) is 12.6. The van der Waals surface area contributed by atoms with Gasteiger partial charge in [-0.1, -0.05) is 62.9 Å². The number of halogens is 3. The Labute approximate surface area is 334 Å². The lowest BCUT2D eigenvalue weighted by Gasteiger charge is -2.50. The van der Waals surface area contributed by atoms with Gasteiger partial charge in [-0.05, 0) is 78.9 Å². The van der Waals surface area contributed by atoms with Crippen LogP contribution in [-0.2, 0) is 24.6 Å². The number of allylic oxidation sites excluding steroid dienone is 2. The average molecular weight is 848 g/mol. The van der Waals surface area contributed by atoms with Crippen LogP contribution in [-0.4, -0.2) is 55.1 Å². The number of rotatable bonds is 8. The lowest BCUT2D eigenvalue weighted by molar-refractivity contribution is -0.138. The molecule has 0 bridgehead atoms. The highest BCUT2D eigenvalue weighted by Gasteiger charge is 2.71. The molecule has 2 aliphatic carbocycles. The summed E-state index contributed by atoms with van der Waals surface area (Å²) in [5, 5.41) is 13.5. The summed E-state index contributed by atoms with van der Waals surface area (Å²) in [4.78, 5) is 60.5. The second-order valence-electron chi connectivity index (χ2n) is 14.0. The van der Waals surface area contributed by atoms with E-state index >= 15 is 9.59 Å². The SMILES string of the molecule is COc1ccc(C23C(=O)N(Nc4ccc(Cl)cc4Cl)C(=O)C2CC2C(=CCC4C(=O)N(c5ccc(Br)cc5)C(=O)C42)C3c2c(O)cc(OC)cc2OC)cc1. The summed E-state index contributed by atoms with van der Waals surface area (Å²) in [6, 6.07) is 21.5. The Morgan fingerprint density at radius 3 is 2.18 bits per heavy atom. The number of phenolic OH excluding ortho intramolecular Hbond substituents is 1. The van der Waals surface area contributed by atoms with Crippen LogP contribution in [0.4, 0.5) is 11.4 Å². The zero-order valence-electron chi connectivity index (χ0n) is 29.7. The molecule has 55 heavy (non-hydrogen) atoms. The fourth-order valence-corrected chi connectivity index (χ4v) is 9.88. The smallest absolute Gasteiger partial charge is 0.260 e. The topological polar surface area (TPSA) is 135 Å². The minimum Gasteiger partial charge on any atom is -0.507 e. The molecule has 0 radical (unpaired) electrons. The molecule has 282 valence electrons. The first-order valence-electron chi connectivity index (χ1n) is 17.5. The normalized spacial score (nSPS) is 25.6. The minimum absolute atomic E-state index is 0.0407. The van der Waals surface area contributed by atoms with Crippen molar-refractivity contribution in [2.24, 2.45) is 23.7 Å². The number of hydrazine groups is 1. The van der Waals surface area contributed by atoms with E-state index in [1.165, 1.54) is 38.4 Å². The van der Waals surface area contributed by atoms with Gasteiger partial charge in [0, 0.05) is 33.1 Å². The van der Waals surface area contributed by atoms with E-state index in [-0.39, 0.29) is 46.5 Å². The first-order valence-corrected chi connectivity index (χ1v) is 19.0. The van der Waals surface area contributed by atoms with Gasteiger partial charge in [0.15, 0.2) is 0 Å². The maximum atomic E-state index is 15.5. The highest BCUT2D eigenvalue weighted by molar-refractivity contribution is 9.10. The first-order chi connectivity index (χ1) is 26.4. The summed E-state index contributed by atoms with van der Waals surface area (Å²) in [6.07, 6.45) is 2.14. The molecule has 2 aliphatic heterocycles. The molecular weight excluding hydrogens is 813 g/mol. The van der Waals surface area contributed by atoms with Crippen LogP contribution in [0, 0.1) is 23.7 Å². The number of aromatic hydroxyl groups is 1. The van der Waals surface area contributed by atoms with Gasteiger partial charge in [-0.3, -0.25) is 29.5 Å². The van der Waals surface area contributed by atoms with E-state index in [9.17, 15) is 14.7 Å². The number of imide groups is 2. The molecule has 8 rings (SSSR count). The van der Waals surface area contributed by atoms with Crippen molar-refractivity contribution < 1.29 is 38.5 Å². The molecule has 11 nitrogen and oxygen atoms in total. The van der Waals surface area contributed by atoms with Crippen LogP contribution in [0.1, 0.15) is 29.9 Å². The molecule has 6 unspecified atom stereocenters. The van der Waals surface area contributed by atoms with Crippen LogP contribution >= 0.6 is 39.1 Å². The molecule has 3 fully saturated rings. The van der Waals surface area contributed by atoms with Gasteiger partial charge in [0.2, 0.25) is 11.8 Å². The second-order valence-corrected chi connectivity index (χ2v) is 15.7. The standard InChI is InChI=1S/C41H34BrCl2N3O8/c1-53-24-11-4-20(5-12-24)41-29(38(50)47(40(41)52)45-31-15-8-22(43)16-30(31)44)19-28-26(36(41)35-32(48)17-25(54-2)18-33(35)55-3)13-14-27-34(28)39(51)46(37(27)49)23-9-6-21(42)7-10-23/h4-13,15-18,27-29,34,36,45,48H,14,19H2,1-3H3. The molecule has 1 saturated carbocycles. The molecule has 4 aromatic carbocycles. The molecule has 6 atom stereocenters. The third-order valence-electron chi connectivity index (χ3n) is 11.5. The largest absolute Gasteiger partial charge is 0.507 e. The van der Waals surface area contributed by atoms with Gasteiger partial charge in [-0.2, -0.15) is 5.01 Å². The summed E-state index contributed by atoms with van der Waals surface area (Å²) >= 11 is 16.2. The van der Waals surface area contributed by atoms with Crippen LogP contribution in [0.3, 0.4) is 0 Å². The molecule has 4 amide bonds. The predicted octanol–water partition coefficient (Wildman–Crippen LogP) is 7.68. The lowest BCUT2D eigenvalue weighted by atomic mass is 9.49. The Morgan fingerprint density at radius 1 is 0.818 bits per heavy atom. The van der Waals surface area contributed by atoms with E-state index in [1.54, 1.807) is 66.7 Å². The van der Waals surface area contributed by atoms with E-state index in [1.807, 2.05) is 6.08 Å². The predicted molar refractivity (Wildman–Crippen MR) is 208 cm³/mol. The number of methoxy groups -OCH3 is 3. The number of carbonyl (C=O) groups excluding carboxylic acids is 4. The van der Waals surface area contributed by atoms with Crippen molar-refractivity contribution in [1.29, 1.82) is 0 Å². The van der Waals surface area contributed by atoms with E-state index in [0.29, 0.717) is 33.3 Å². The highest BCUT2D eigenvalue weighted by Crippen LogP contribution is 2.66. The van der Waals surface area contributed by atoms with E-state index in [2.05, 4.69) is 21.4 Å². The van der Waals surface area contributed by atoms with Gasteiger partial charge in [-0.15, -0.1) is 0 Å². The Balaban J connectivity index is 1.37. The number of phenols is 1. The average Bonchev–Trinajstić information content (AvgIpc) is 3.56. The number of nitrogens with one attached hydrogen (secondary N) is 1. The van der Waals surface area contributed by atoms with Gasteiger partial charge in [-0.25, -0.2) is 0 Å². The second kappa shape index (κ2) is 13.9. The molecule has 4 aliphatic rings. The zero-order valence-corrected chi connectivity index (χ0v) is 32.8. The Morgan fingerprint density at radius 2 is 1.53 bits per heavy atom. The molecule has 2 N–H and O–H groups in total. The molecule has 14 heteroatoms. The van der Waals surface area contributed by atoms with Gasteiger partial charge < -0.3 is 19.3 Å². The van der Waals surface area contributed by atoms with E-state index < -0.39 is 52.7 Å². The van der Waals surface area contributed by atoms with Crippen molar-refractivity contribution in [2.45, 2.75) is 24.2 Å². The quantitative estimate of drug-likeness (QED) is 0.135. The van der Waals surface area contributed by atoms with Crippen LogP contribution < -0.4 is 24.5 Å². The Hall–Kier alpha value is -5.04. The van der Waals surface area contributed by atoms with Crippen LogP contribution in [0.25, 0.3) is 0 Å². The zero-order chi connectivity index (χ0) is 38.9. The van der Waals surface area contributed by atoms with Crippen molar-refractivity contribution in [1.82, 2.24) is 5.01 Å².